The number of H-pyrrole nitrogens is 2. The van der Waals surface area contributed by atoms with Gasteiger partial charge in [0.2, 0.25) is 0 Å². The molecule has 0 aliphatic heterocycles. The van der Waals surface area contributed by atoms with Gasteiger partial charge in [0.15, 0.2) is 0 Å². The topological polar surface area (TPSA) is 86.4 Å². The van der Waals surface area contributed by atoms with E-state index in [1.54, 1.807) is 11.3 Å². The highest BCUT2D eigenvalue weighted by Gasteiger charge is 2.15. The smallest absolute Gasteiger partial charge is 0.138 e. The largest absolute Gasteiger partial charge is 0.338 e. The van der Waals surface area contributed by atoms with E-state index in [1.165, 1.54) is 5.56 Å². The van der Waals surface area contributed by atoms with Crippen molar-refractivity contribution in [2.45, 2.75) is 6.54 Å². The number of rotatable bonds is 5. The predicted octanol–water partition coefficient (Wildman–Crippen LogP) is 5.35. The second-order valence-electron chi connectivity index (χ2n) is 8.32. The number of hydrogen-bond acceptors (Lipinski definition) is 6. The van der Waals surface area contributed by atoms with E-state index >= 15 is 0 Å². The third kappa shape index (κ3) is 3.59. The van der Waals surface area contributed by atoms with E-state index in [2.05, 4.69) is 76.1 Å². The van der Waals surface area contributed by atoms with Gasteiger partial charge in [0.25, 0.3) is 0 Å². The van der Waals surface area contributed by atoms with Crippen LogP contribution in [0.25, 0.3) is 55.7 Å². The van der Waals surface area contributed by atoms with E-state index in [4.69, 9.17) is 0 Å². The highest BCUT2D eigenvalue weighted by atomic mass is 32.1. The Morgan fingerprint density at radius 1 is 0.970 bits per heavy atom. The summed E-state index contributed by atoms with van der Waals surface area (Å²) in [5, 5.41) is 14.0. The van der Waals surface area contributed by atoms with Crippen LogP contribution >= 0.6 is 11.3 Å². The maximum absolute atomic E-state index is 4.65. The van der Waals surface area contributed by atoms with Crippen molar-refractivity contribution in [2.24, 2.45) is 0 Å². The molecule has 33 heavy (non-hydrogen) atoms. The molecular weight excluding hydrogens is 430 g/mol. The summed E-state index contributed by atoms with van der Waals surface area (Å²) in [6, 6.07) is 10.5. The number of fused-ring (bicyclic) bond motifs is 2. The first-order valence-corrected chi connectivity index (χ1v) is 11.5. The highest BCUT2D eigenvalue weighted by molar-refractivity contribution is 7.08. The highest BCUT2D eigenvalue weighted by Crippen LogP contribution is 2.34. The van der Waals surface area contributed by atoms with Gasteiger partial charge < -0.3 is 9.88 Å². The number of aromatic amines is 2. The van der Waals surface area contributed by atoms with Crippen LogP contribution in [0.5, 0.6) is 0 Å². The minimum absolute atomic E-state index is 0.828. The average molecular weight is 452 g/mol. The number of hydrogen-bond donors (Lipinski definition) is 2. The van der Waals surface area contributed by atoms with Gasteiger partial charge in [0.05, 0.1) is 23.1 Å². The summed E-state index contributed by atoms with van der Waals surface area (Å²) in [5.74, 6) is 0. The Morgan fingerprint density at radius 2 is 1.91 bits per heavy atom. The molecule has 0 saturated heterocycles. The molecule has 6 heterocycles. The van der Waals surface area contributed by atoms with Gasteiger partial charge in [-0.2, -0.15) is 16.4 Å². The second kappa shape index (κ2) is 7.91. The van der Waals surface area contributed by atoms with Gasteiger partial charge in [-0.15, -0.1) is 0 Å². The zero-order valence-electron chi connectivity index (χ0n) is 18.2. The summed E-state index contributed by atoms with van der Waals surface area (Å²) in [6.07, 6.45) is 7.42. The fraction of sp³-hybridized carbons (Fsp3) is 0.120. The second-order valence-corrected chi connectivity index (χ2v) is 9.10. The maximum atomic E-state index is 4.65. The quantitative estimate of drug-likeness (QED) is 0.369. The van der Waals surface area contributed by atoms with E-state index in [0.29, 0.717) is 0 Å². The van der Waals surface area contributed by atoms with Crippen molar-refractivity contribution in [1.29, 1.82) is 0 Å². The molecule has 7 nitrogen and oxygen atoms in total. The first-order chi connectivity index (χ1) is 16.2. The molecule has 0 aromatic carbocycles. The lowest BCUT2D eigenvalue weighted by Crippen LogP contribution is -2.10. The molecule has 162 valence electrons. The fourth-order valence-corrected chi connectivity index (χ4v) is 4.84. The number of nitrogens with zero attached hydrogens (tertiary/aromatic N) is 5. The molecule has 0 fully saturated rings. The molecular formula is C25H21N7S. The van der Waals surface area contributed by atoms with Crippen molar-refractivity contribution in [2.75, 3.05) is 14.1 Å². The minimum atomic E-state index is 0.828. The van der Waals surface area contributed by atoms with Gasteiger partial charge in [-0.25, -0.2) is 4.98 Å². The Hall–Kier alpha value is -3.88. The first kappa shape index (κ1) is 19.8. The Morgan fingerprint density at radius 3 is 2.76 bits per heavy atom. The van der Waals surface area contributed by atoms with E-state index in [9.17, 15) is 0 Å². The van der Waals surface area contributed by atoms with Crippen LogP contribution in [-0.4, -0.2) is 49.1 Å². The van der Waals surface area contributed by atoms with Crippen LogP contribution in [0.2, 0.25) is 0 Å². The lowest BCUT2D eigenvalue weighted by molar-refractivity contribution is 0.402. The molecule has 6 aromatic rings. The van der Waals surface area contributed by atoms with Gasteiger partial charge >= 0.3 is 0 Å². The summed E-state index contributed by atoms with van der Waals surface area (Å²) in [4.78, 5) is 19.2. The monoisotopic (exact) mass is 451 g/mol. The van der Waals surface area contributed by atoms with E-state index < -0.39 is 0 Å². The molecule has 8 heteroatoms. The van der Waals surface area contributed by atoms with Crippen molar-refractivity contribution < 1.29 is 0 Å². The molecule has 6 rings (SSSR count). The van der Waals surface area contributed by atoms with Crippen molar-refractivity contribution in [3.63, 3.8) is 0 Å². The Kier molecular flexibility index (Phi) is 4.74. The molecule has 0 aliphatic carbocycles. The van der Waals surface area contributed by atoms with Gasteiger partial charge in [-0.05, 0) is 71.9 Å². The van der Waals surface area contributed by atoms with Crippen LogP contribution in [0.1, 0.15) is 5.56 Å². The summed E-state index contributed by atoms with van der Waals surface area (Å²) >= 11 is 1.69. The number of pyridine rings is 3. The zero-order chi connectivity index (χ0) is 22.4. The molecule has 6 aromatic heterocycles. The minimum Gasteiger partial charge on any atom is -0.338 e. The van der Waals surface area contributed by atoms with Crippen LogP contribution < -0.4 is 0 Å². The molecule has 0 saturated carbocycles. The van der Waals surface area contributed by atoms with Crippen LogP contribution in [-0.2, 0) is 6.54 Å². The lowest BCUT2D eigenvalue weighted by Gasteiger charge is -2.10. The molecule has 0 radical (unpaired) electrons. The molecule has 0 amide bonds. The standard InChI is InChI=1S/C25H21N7S/c1-32(2)13-15-7-17(11-26-10-15)21-9-20-23(12-28-21)30-31-24(20)22-8-19-18(16-4-6-33-14-16)3-5-27-25(19)29-22/h3-12,14H,13H2,1-2H3,(H,27,29)(H,30,31). The first-order valence-electron chi connectivity index (χ1n) is 10.6. The maximum Gasteiger partial charge on any atom is 0.138 e. The number of aromatic nitrogens is 6. The van der Waals surface area contributed by atoms with Gasteiger partial charge in [-0.1, -0.05) is 0 Å². The summed E-state index contributed by atoms with van der Waals surface area (Å²) in [6.45, 7) is 0.828. The molecule has 2 N–H and O–H groups in total. The Labute approximate surface area is 194 Å². The van der Waals surface area contributed by atoms with Gasteiger partial charge in [0, 0.05) is 41.5 Å². The summed E-state index contributed by atoms with van der Waals surface area (Å²) in [7, 11) is 4.10. The molecule has 0 atom stereocenters. The van der Waals surface area contributed by atoms with Crippen molar-refractivity contribution in [3.05, 3.63) is 71.4 Å². The molecule has 0 bridgehead atoms. The Balaban J connectivity index is 1.45. The van der Waals surface area contributed by atoms with E-state index in [-0.39, 0.29) is 0 Å². The number of nitrogens with one attached hydrogen (secondary N) is 2. The molecule has 0 spiro atoms. The van der Waals surface area contributed by atoms with E-state index in [1.807, 2.05) is 38.9 Å². The third-order valence-electron chi connectivity index (χ3n) is 5.66. The third-order valence-corrected chi connectivity index (χ3v) is 6.34. The molecule has 0 unspecified atom stereocenters. The van der Waals surface area contributed by atoms with Crippen molar-refractivity contribution in [3.8, 4) is 33.8 Å². The SMILES string of the molecule is CN(C)Cc1cncc(-c2cc3c(-c4cc5c(-c6ccsc6)ccnc5[nH]4)n[nH]c3cn2)c1. The predicted molar refractivity (Wildman–Crippen MR) is 133 cm³/mol. The molecule has 0 aliphatic rings. The van der Waals surface area contributed by atoms with Crippen molar-refractivity contribution >= 4 is 33.3 Å². The average Bonchev–Trinajstić information content (AvgIpc) is 3.57. The van der Waals surface area contributed by atoms with Crippen LogP contribution in [0, 0.1) is 0 Å². The summed E-state index contributed by atoms with van der Waals surface area (Å²) < 4.78 is 0. The van der Waals surface area contributed by atoms with Crippen LogP contribution in [0.15, 0.2) is 65.9 Å². The fourth-order valence-electron chi connectivity index (χ4n) is 4.18. The van der Waals surface area contributed by atoms with Gasteiger partial charge in [0.1, 0.15) is 11.3 Å². The zero-order valence-corrected chi connectivity index (χ0v) is 19.0. The Bertz CT molecular complexity index is 1580. The van der Waals surface area contributed by atoms with Crippen LogP contribution in [0.4, 0.5) is 0 Å². The lowest BCUT2D eigenvalue weighted by atomic mass is 10.1. The van der Waals surface area contributed by atoms with Crippen molar-refractivity contribution in [1.82, 2.24) is 35.0 Å². The van der Waals surface area contributed by atoms with Gasteiger partial charge in [-0.3, -0.25) is 15.1 Å². The number of thiophene rings is 1. The normalized spacial score (nSPS) is 11.7. The van der Waals surface area contributed by atoms with E-state index in [0.717, 1.165) is 62.3 Å². The summed E-state index contributed by atoms with van der Waals surface area (Å²) in [5.41, 5.74) is 8.86. The van der Waals surface area contributed by atoms with Crippen LogP contribution in [0.3, 0.4) is 0 Å².